The number of benzene rings is 2. The zero-order valence-electron chi connectivity index (χ0n) is 18.6. The van der Waals surface area contributed by atoms with Gasteiger partial charge >= 0.3 is 0 Å². The van der Waals surface area contributed by atoms with Crippen molar-refractivity contribution >= 4 is 44.7 Å². The number of aromatic nitrogens is 2. The summed E-state index contributed by atoms with van der Waals surface area (Å²) in [5, 5.41) is 2.11. The molecular weight excluding hydrogens is 448 g/mol. The SMILES string of the molecule is Clc1ccc(N2CCN(c3nc(Cc4ccccc4)nc4sc5c(c34)CCCC5)CC2)cc1. The Morgan fingerprint density at radius 3 is 2.33 bits per heavy atom. The Bertz CT molecular complexity index is 1260. The van der Waals surface area contributed by atoms with Crippen molar-refractivity contribution < 1.29 is 0 Å². The summed E-state index contributed by atoms with van der Waals surface area (Å²) in [7, 11) is 0. The topological polar surface area (TPSA) is 32.3 Å². The second kappa shape index (κ2) is 8.96. The van der Waals surface area contributed by atoms with Gasteiger partial charge in [0.1, 0.15) is 16.5 Å². The smallest absolute Gasteiger partial charge is 0.141 e. The van der Waals surface area contributed by atoms with Gasteiger partial charge in [0.05, 0.1) is 5.39 Å². The highest BCUT2D eigenvalue weighted by Crippen LogP contribution is 2.40. The zero-order chi connectivity index (χ0) is 22.2. The predicted molar refractivity (Wildman–Crippen MR) is 139 cm³/mol. The highest BCUT2D eigenvalue weighted by Gasteiger charge is 2.26. The Hall–Kier alpha value is -2.63. The maximum absolute atomic E-state index is 6.09. The molecule has 33 heavy (non-hydrogen) atoms. The molecule has 0 N–H and O–H groups in total. The molecule has 6 rings (SSSR count). The Morgan fingerprint density at radius 1 is 0.818 bits per heavy atom. The van der Waals surface area contributed by atoms with Crippen LogP contribution in [0.1, 0.15) is 34.7 Å². The van der Waals surface area contributed by atoms with Crippen molar-refractivity contribution in [1.29, 1.82) is 0 Å². The summed E-state index contributed by atoms with van der Waals surface area (Å²) in [4.78, 5) is 17.9. The molecule has 1 aliphatic heterocycles. The Morgan fingerprint density at radius 2 is 1.55 bits per heavy atom. The minimum absolute atomic E-state index is 0.775. The van der Waals surface area contributed by atoms with E-state index in [0.29, 0.717) is 0 Å². The third-order valence-electron chi connectivity index (χ3n) is 6.82. The van der Waals surface area contributed by atoms with Crippen LogP contribution in [0, 0.1) is 0 Å². The van der Waals surface area contributed by atoms with Crippen molar-refractivity contribution in [3.63, 3.8) is 0 Å². The maximum atomic E-state index is 6.09. The van der Waals surface area contributed by atoms with Gasteiger partial charge in [-0.3, -0.25) is 0 Å². The third-order valence-corrected chi connectivity index (χ3v) is 8.26. The van der Waals surface area contributed by atoms with E-state index in [2.05, 4.69) is 52.3 Å². The van der Waals surface area contributed by atoms with Crippen molar-refractivity contribution in [2.45, 2.75) is 32.1 Å². The van der Waals surface area contributed by atoms with Crippen molar-refractivity contribution in [2.75, 3.05) is 36.0 Å². The first-order valence-corrected chi connectivity index (χ1v) is 13.0. The Labute approximate surface area is 203 Å². The summed E-state index contributed by atoms with van der Waals surface area (Å²) in [6, 6.07) is 18.8. The number of hydrogen-bond acceptors (Lipinski definition) is 5. The molecule has 2 aliphatic rings. The molecule has 4 aromatic rings. The summed E-state index contributed by atoms with van der Waals surface area (Å²) in [5.41, 5.74) is 4.02. The molecule has 0 radical (unpaired) electrons. The quantitative estimate of drug-likeness (QED) is 0.355. The van der Waals surface area contributed by atoms with Gasteiger partial charge < -0.3 is 9.80 Å². The van der Waals surface area contributed by atoms with Crippen LogP contribution in [0.5, 0.6) is 0 Å². The van der Waals surface area contributed by atoms with Crippen molar-refractivity contribution in [3.8, 4) is 0 Å². The molecular formula is C27H27ClN4S. The molecule has 0 saturated carbocycles. The van der Waals surface area contributed by atoms with Crippen LogP contribution in [-0.2, 0) is 19.3 Å². The number of rotatable bonds is 4. The summed E-state index contributed by atoms with van der Waals surface area (Å²) in [6.07, 6.45) is 5.69. The first-order chi connectivity index (χ1) is 16.2. The van der Waals surface area contributed by atoms with Crippen LogP contribution in [0.25, 0.3) is 10.2 Å². The number of hydrogen-bond donors (Lipinski definition) is 0. The van der Waals surface area contributed by atoms with E-state index in [9.17, 15) is 0 Å². The van der Waals surface area contributed by atoms with Crippen molar-refractivity contribution in [2.24, 2.45) is 0 Å². The highest BCUT2D eigenvalue weighted by atomic mass is 35.5. The Balaban J connectivity index is 1.34. The van der Waals surface area contributed by atoms with Gasteiger partial charge in [-0.05, 0) is 61.1 Å². The second-order valence-electron chi connectivity index (χ2n) is 8.97. The van der Waals surface area contributed by atoms with Crippen LogP contribution < -0.4 is 9.80 Å². The molecule has 0 unspecified atom stereocenters. The van der Waals surface area contributed by atoms with E-state index in [1.165, 1.54) is 51.2 Å². The number of aryl methyl sites for hydroxylation is 2. The number of fused-ring (bicyclic) bond motifs is 3. The van der Waals surface area contributed by atoms with Gasteiger partial charge in [-0.2, -0.15) is 0 Å². The fraction of sp³-hybridized carbons (Fsp3) is 0.333. The van der Waals surface area contributed by atoms with E-state index in [1.807, 2.05) is 23.5 Å². The minimum atomic E-state index is 0.775. The van der Waals surface area contributed by atoms with E-state index in [1.54, 1.807) is 0 Å². The minimum Gasteiger partial charge on any atom is -0.368 e. The van der Waals surface area contributed by atoms with Crippen LogP contribution in [0.2, 0.25) is 5.02 Å². The lowest BCUT2D eigenvalue weighted by Gasteiger charge is -2.37. The first-order valence-electron chi connectivity index (χ1n) is 11.9. The van der Waals surface area contributed by atoms with Gasteiger partial charge in [0, 0.05) is 48.2 Å². The largest absolute Gasteiger partial charge is 0.368 e. The summed E-state index contributed by atoms with van der Waals surface area (Å²) in [5.74, 6) is 2.09. The van der Waals surface area contributed by atoms with Crippen molar-refractivity contribution in [1.82, 2.24) is 9.97 Å². The van der Waals surface area contributed by atoms with Gasteiger partial charge in [0.25, 0.3) is 0 Å². The Kier molecular flexibility index (Phi) is 5.68. The molecule has 4 nitrogen and oxygen atoms in total. The van der Waals surface area contributed by atoms with E-state index in [4.69, 9.17) is 21.6 Å². The number of thiophene rings is 1. The zero-order valence-corrected chi connectivity index (χ0v) is 20.2. The summed E-state index contributed by atoms with van der Waals surface area (Å²) in [6.45, 7) is 3.88. The molecule has 2 aromatic carbocycles. The van der Waals surface area contributed by atoms with Crippen LogP contribution in [0.15, 0.2) is 54.6 Å². The first kappa shape index (κ1) is 20.9. The van der Waals surface area contributed by atoms with Crippen LogP contribution >= 0.6 is 22.9 Å². The lowest BCUT2D eigenvalue weighted by atomic mass is 9.96. The molecule has 0 spiro atoms. The second-order valence-corrected chi connectivity index (χ2v) is 10.5. The average molecular weight is 475 g/mol. The molecule has 1 aliphatic carbocycles. The maximum Gasteiger partial charge on any atom is 0.141 e. The van der Waals surface area contributed by atoms with Gasteiger partial charge in [-0.1, -0.05) is 41.9 Å². The molecule has 1 saturated heterocycles. The molecule has 6 heteroatoms. The molecule has 1 fully saturated rings. The normalized spacial score (nSPS) is 16.3. The molecule has 0 atom stereocenters. The van der Waals surface area contributed by atoms with Gasteiger partial charge in [-0.15, -0.1) is 11.3 Å². The molecule has 0 bridgehead atoms. The summed E-state index contributed by atoms with van der Waals surface area (Å²) >= 11 is 7.99. The number of piperazine rings is 1. The summed E-state index contributed by atoms with van der Waals surface area (Å²) < 4.78 is 0. The molecule has 0 amide bonds. The van der Waals surface area contributed by atoms with Crippen molar-refractivity contribution in [3.05, 3.63) is 81.4 Å². The van der Waals surface area contributed by atoms with Crippen LogP contribution in [0.3, 0.4) is 0 Å². The van der Waals surface area contributed by atoms with E-state index >= 15 is 0 Å². The number of halogens is 1. The number of nitrogens with zero attached hydrogens (tertiary/aromatic N) is 4. The highest BCUT2D eigenvalue weighted by molar-refractivity contribution is 7.19. The third kappa shape index (κ3) is 4.20. The average Bonchev–Trinajstić information content (AvgIpc) is 3.23. The van der Waals surface area contributed by atoms with Gasteiger partial charge in [-0.25, -0.2) is 9.97 Å². The molecule has 2 aromatic heterocycles. The lowest BCUT2D eigenvalue weighted by Crippen LogP contribution is -2.47. The fourth-order valence-electron chi connectivity index (χ4n) is 5.10. The van der Waals surface area contributed by atoms with E-state index in [-0.39, 0.29) is 0 Å². The number of anilines is 2. The van der Waals surface area contributed by atoms with Gasteiger partial charge in [0.2, 0.25) is 0 Å². The standard InChI is InChI=1S/C27H27ClN4S/c28-20-10-12-21(13-11-20)31-14-16-32(17-15-31)26-25-22-8-4-5-9-23(22)33-27(25)30-24(29-26)18-19-6-2-1-3-7-19/h1-3,6-7,10-13H,4-5,8-9,14-18H2. The lowest BCUT2D eigenvalue weighted by molar-refractivity contribution is 0.647. The monoisotopic (exact) mass is 474 g/mol. The van der Waals surface area contributed by atoms with Gasteiger partial charge in [0.15, 0.2) is 0 Å². The molecule has 168 valence electrons. The van der Waals surface area contributed by atoms with E-state index in [0.717, 1.165) is 55.7 Å². The van der Waals surface area contributed by atoms with Crippen LogP contribution in [0.4, 0.5) is 11.5 Å². The molecule has 3 heterocycles. The fourth-order valence-corrected chi connectivity index (χ4v) is 6.50. The predicted octanol–water partition coefficient (Wildman–Crippen LogP) is 6.14. The van der Waals surface area contributed by atoms with E-state index < -0.39 is 0 Å². The van der Waals surface area contributed by atoms with Crippen LogP contribution in [-0.4, -0.2) is 36.1 Å².